The molecule has 0 aromatic rings. The molecule has 0 radical (unpaired) electrons. The van der Waals surface area contributed by atoms with Crippen molar-refractivity contribution in [1.82, 2.24) is 5.32 Å². The second-order valence-electron chi connectivity index (χ2n) is 5.29. The second-order valence-corrected chi connectivity index (χ2v) is 5.29. The van der Waals surface area contributed by atoms with Gasteiger partial charge in [-0.15, -0.1) is 0 Å². The number of carbonyl (C=O) groups is 1. The summed E-state index contributed by atoms with van der Waals surface area (Å²) in [4.78, 5) is 11.9. The number of carbonyl (C=O) groups excluding carboxylic acids is 1. The highest BCUT2D eigenvalue weighted by molar-refractivity contribution is 5.76. The lowest BCUT2D eigenvalue weighted by Gasteiger charge is -2.19. The molecule has 1 aliphatic rings. The van der Waals surface area contributed by atoms with Gasteiger partial charge in [-0.3, -0.25) is 4.79 Å². The van der Waals surface area contributed by atoms with Crippen LogP contribution >= 0.6 is 0 Å². The van der Waals surface area contributed by atoms with Gasteiger partial charge in [0.15, 0.2) is 0 Å². The Balaban J connectivity index is 2.29. The number of amides is 1. The van der Waals surface area contributed by atoms with Crippen molar-refractivity contribution in [2.24, 2.45) is 5.92 Å². The van der Waals surface area contributed by atoms with Crippen LogP contribution in [0, 0.1) is 5.92 Å². The van der Waals surface area contributed by atoms with Crippen LogP contribution in [-0.2, 0) is 9.53 Å². The van der Waals surface area contributed by atoms with Crippen LogP contribution in [0.5, 0.6) is 0 Å². The average molecular weight is 257 g/mol. The van der Waals surface area contributed by atoms with Gasteiger partial charge in [-0.05, 0) is 25.2 Å². The lowest BCUT2D eigenvalue weighted by Crippen LogP contribution is -2.39. The summed E-state index contributed by atoms with van der Waals surface area (Å²) in [5.74, 6) is 0.655. The molecule has 4 nitrogen and oxygen atoms in total. The number of hydrogen-bond acceptors (Lipinski definition) is 3. The van der Waals surface area contributed by atoms with E-state index in [-0.39, 0.29) is 18.6 Å². The SMILES string of the molecule is COCC(CCO)NC(=O)CC1CCCCCC1. The predicted molar refractivity (Wildman–Crippen MR) is 71.3 cm³/mol. The average Bonchev–Trinajstić information content (AvgIpc) is 2.58. The number of ether oxygens (including phenoxy) is 1. The molecule has 0 heterocycles. The summed E-state index contributed by atoms with van der Waals surface area (Å²) in [6.45, 7) is 0.550. The minimum Gasteiger partial charge on any atom is -0.396 e. The van der Waals surface area contributed by atoms with E-state index in [0.717, 1.165) is 0 Å². The summed E-state index contributed by atoms with van der Waals surface area (Å²) in [5.41, 5.74) is 0. The van der Waals surface area contributed by atoms with Gasteiger partial charge in [0.1, 0.15) is 0 Å². The van der Waals surface area contributed by atoms with Crippen molar-refractivity contribution in [3.05, 3.63) is 0 Å². The molecule has 1 fully saturated rings. The van der Waals surface area contributed by atoms with Crippen molar-refractivity contribution >= 4 is 5.91 Å². The molecule has 1 unspecified atom stereocenters. The lowest BCUT2D eigenvalue weighted by molar-refractivity contribution is -0.123. The van der Waals surface area contributed by atoms with Gasteiger partial charge in [-0.2, -0.15) is 0 Å². The highest BCUT2D eigenvalue weighted by atomic mass is 16.5. The number of methoxy groups -OCH3 is 1. The molecular weight excluding hydrogens is 230 g/mol. The van der Waals surface area contributed by atoms with Crippen molar-refractivity contribution in [3.63, 3.8) is 0 Å². The Morgan fingerprint density at radius 2 is 2.00 bits per heavy atom. The first-order valence-corrected chi connectivity index (χ1v) is 7.15. The summed E-state index contributed by atoms with van der Waals surface area (Å²) in [6, 6.07) is -0.0571. The molecule has 1 amide bonds. The molecule has 0 saturated heterocycles. The van der Waals surface area contributed by atoms with Gasteiger partial charge in [-0.25, -0.2) is 0 Å². The van der Waals surface area contributed by atoms with Crippen molar-refractivity contribution in [1.29, 1.82) is 0 Å². The predicted octanol–water partition coefficient (Wildman–Crippen LogP) is 1.86. The molecule has 18 heavy (non-hydrogen) atoms. The van der Waals surface area contributed by atoms with Crippen molar-refractivity contribution < 1.29 is 14.6 Å². The van der Waals surface area contributed by atoms with Crippen LogP contribution in [0.3, 0.4) is 0 Å². The van der Waals surface area contributed by atoms with E-state index in [2.05, 4.69) is 5.32 Å². The fourth-order valence-corrected chi connectivity index (χ4v) is 2.67. The number of aliphatic hydroxyl groups is 1. The van der Waals surface area contributed by atoms with Crippen LogP contribution in [0.1, 0.15) is 51.4 Å². The Morgan fingerprint density at radius 3 is 2.56 bits per heavy atom. The lowest BCUT2D eigenvalue weighted by atomic mass is 9.96. The van der Waals surface area contributed by atoms with E-state index in [4.69, 9.17) is 9.84 Å². The second kappa shape index (κ2) is 9.34. The molecule has 1 aliphatic carbocycles. The Kier molecular flexibility index (Phi) is 8.01. The third-order valence-electron chi connectivity index (χ3n) is 3.66. The smallest absolute Gasteiger partial charge is 0.220 e. The molecule has 1 saturated carbocycles. The highest BCUT2D eigenvalue weighted by Gasteiger charge is 2.18. The molecule has 0 aliphatic heterocycles. The van der Waals surface area contributed by atoms with Crippen LogP contribution in [-0.4, -0.2) is 37.4 Å². The van der Waals surface area contributed by atoms with E-state index in [1.54, 1.807) is 7.11 Å². The zero-order valence-electron chi connectivity index (χ0n) is 11.5. The first kappa shape index (κ1) is 15.4. The van der Waals surface area contributed by atoms with Gasteiger partial charge in [0.25, 0.3) is 0 Å². The summed E-state index contributed by atoms with van der Waals surface area (Å²) in [6.07, 6.45) is 8.71. The number of aliphatic hydroxyl groups excluding tert-OH is 1. The molecule has 2 N–H and O–H groups in total. The Bertz CT molecular complexity index is 213. The molecule has 1 rings (SSSR count). The number of rotatable bonds is 7. The Morgan fingerprint density at radius 1 is 1.33 bits per heavy atom. The zero-order chi connectivity index (χ0) is 13.2. The third-order valence-corrected chi connectivity index (χ3v) is 3.66. The summed E-state index contributed by atoms with van der Waals surface area (Å²) < 4.78 is 5.04. The van der Waals surface area contributed by atoms with Crippen LogP contribution < -0.4 is 5.32 Å². The van der Waals surface area contributed by atoms with E-state index in [9.17, 15) is 4.79 Å². The van der Waals surface area contributed by atoms with Gasteiger partial charge in [0, 0.05) is 20.1 Å². The van der Waals surface area contributed by atoms with Crippen LogP contribution in [0.25, 0.3) is 0 Å². The maximum atomic E-state index is 11.9. The van der Waals surface area contributed by atoms with Crippen molar-refractivity contribution in [2.75, 3.05) is 20.3 Å². The van der Waals surface area contributed by atoms with Crippen LogP contribution in [0.15, 0.2) is 0 Å². The third kappa shape index (κ3) is 6.36. The standard InChI is InChI=1S/C14H27NO3/c1-18-11-13(8-9-16)15-14(17)10-12-6-4-2-3-5-7-12/h12-13,16H,2-11H2,1H3,(H,15,17). The van der Waals surface area contributed by atoms with Gasteiger partial charge in [0.2, 0.25) is 5.91 Å². The minimum atomic E-state index is -0.0571. The molecule has 0 spiro atoms. The van der Waals surface area contributed by atoms with Crippen molar-refractivity contribution in [2.45, 2.75) is 57.4 Å². The fraction of sp³-hybridized carbons (Fsp3) is 0.929. The van der Waals surface area contributed by atoms with Crippen LogP contribution in [0.4, 0.5) is 0 Å². The van der Waals surface area contributed by atoms with Gasteiger partial charge in [-0.1, -0.05) is 25.7 Å². The maximum Gasteiger partial charge on any atom is 0.220 e. The normalized spacial score (nSPS) is 19.2. The quantitative estimate of drug-likeness (QED) is 0.684. The summed E-state index contributed by atoms with van der Waals surface area (Å²) >= 11 is 0. The molecule has 1 atom stereocenters. The Labute approximate surface area is 110 Å². The highest BCUT2D eigenvalue weighted by Crippen LogP contribution is 2.25. The first-order valence-electron chi connectivity index (χ1n) is 7.15. The molecular formula is C14H27NO3. The number of nitrogens with one attached hydrogen (secondary N) is 1. The van der Waals surface area contributed by atoms with Crippen LogP contribution in [0.2, 0.25) is 0 Å². The van der Waals surface area contributed by atoms with E-state index in [1.165, 1.54) is 38.5 Å². The van der Waals surface area contributed by atoms with Gasteiger partial charge < -0.3 is 15.2 Å². The zero-order valence-corrected chi connectivity index (χ0v) is 11.5. The molecule has 4 heteroatoms. The van der Waals surface area contributed by atoms with Gasteiger partial charge >= 0.3 is 0 Å². The van der Waals surface area contributed by atoms with E-state index in [0.29, 0.717) is 25.4 Å². The van der Waals surface area contributed by atoms with Gasteiger partial charge in [0.05, 0.1) is 12.6 Å². The largest absolute Gasteiger partial charge is 0.396 e. The first-order chi connectivity index (χ1) is 8.76. The summed E-state index contributed by atoms with van der Waals surface area (Å²) in [7, 11) is 1.61. The molecule has 106 valence electrons. The van der Waals surface area contributed by atoms with Crippen molar-refractivity contribution in [3.8, 4) is 0 Å². The molecule has 0 aromatic carbocycles. The molecule has 0 bridgehead atoms. The molecule has 0 aromatic heterocycles. The minimum absolute atomic E-state index is 0.0571. The topological polar surface area (TPSA) is 58.6 Å². The fourth-order valence-electron chi connectivity index (χ4n) is 2.67. The Hall–Kier alpha value is -0.610. The van der Waals surface area contributed by atoms with E-state index in [1.807, 2.05) is 0 Å². The van der Waals surface area contributed by atoms with E-state index < -0.39 is 0 Å². The van der Waals surface area contributed by atoms with E-state index >= 15 is 0 Å². The monoisotopic (exact) mass is 257 g/mol. The summed E-state index contributed by atoms with van der Waals surface area (Å²) in [5, 5.41) is 11.9. The number of hydrogen-bond donors (Lipinski definition) is 2. The maximum absolute atomic E-state index is 11.9.